The molecule has 3 amide bonds. The standard InChI is InChI=1S/C13H18N2O4/c1-2-19-11(16)8-10-12(17)15(13(18)14-10)9-6-4-3-5-7-9/h8-9H,2-7H2,1H3,(H,14,18). The Morgan fingerprint density at radius 2 is 2.05 bits per heavy atom. The van der Waals surface area contributed by atoms with Gasteiger partial charge in [0.2, 0.25) is 0 Å². The molecule has 0 aromatic carbocycles. The van der Waals surface area contributed by atoms with E-state index >= 15 is 0 Å². The highest BCUT2D eigenvalue weighted by Crippen LogP contribution is 2.26. The van der Waals surface area contributed by atoms with Crippen LogP contribution in [0.25, 0.3) is 0 Å². The molecule has 0 bridgehead atoms. The maximum atomic E-state index is 12.1. The summed E-state index contributed by atoms with van der Waals surface area (Å²) in [6.45, 7) is 1.91. The Balaban J connectivity index is 2.09. The Morgan fingerprint density at radius 3 is 2.68 bits per heavy atom. The lowest BCUT2D eigenvalue weighted by molar-refractivity contribution is -0.137. The largest absolute Gasteiger partial charge is 0.463 e. The van der Waals surface area contributed by atoms with Crippen molar-refractivity contribution < 1.29 is 19.1 Å². The zero-order valence-electron chi connectivity index (χ0n) is 11.0. The van der Waals surface area contributed by atoms with Gasteiger partial charge in [-0.05, 0) is 19.8 Å². The van der Waals surface area contributed by atoms with Gasteiger partial charge in [-0.2, -0.15) is 0 Å². The number of carbonyl (C=O) groups excluding carboxylic acids is 3. The third-order valence-corrected chi connectivity index (χ3v) is 3.40. The molecule has 2 rings (SSSR count). The Morgan fingerprint density at radius 1 is 1.37 bits per heavy atom. The molecular formula is C13H18N2O4. The minimum absolute atomic E-state index is 0.00836. The third kappa shape index (κ3) is 2.94. The number of rotatable bonds is 3. The van der Waals surface area contributed by atoms with Crippen molar-refractivity contribution >= 4 is 17.9 Å². The highest BCUT2D eigenvalue weighted by atomic mass is 16.5. The number of imide groups is 1. The molecule has 0 radical (unpaired) electrons. The molecule has 104 valence electrons. The topological polar surface area (TPSA) is 75.7 Å². The summed E-state index contributed by atoms with van der Waals surface area (Å²) < 4.78 is 4.73. The van der Waals surface area contributed by atoms with E-state index in [1.807, 2.05) is 0 Å². The second kappa shape index (κ2) is 5.86. The second-order valence-electron chi connectivity index (χ2n) is 4.71. The number of hydrogen-bond donors (Lipinski definition) is 1. The summed E-state index contributed by atoms with van der Waals surface area (Å²) in [6.07, 6.45) is 5.92. The molecule has 0 aromatic rings. The van der Waals surface area contributed by atoms with Gasteiger partial charge in [-0.25, -0.2) is 9.59 Å². The van der Waals surface area contributed by atoms with Gasteiger partial charge < -0.3 is 10.1 Å². The van der Waals surface area contributed by atoms with E-state index in [2.05, 4.69) is 5.32 Å². The zero-order valence-corrected chi connectivity index (χ0v) is 11.0. The number of nitrogens with one attached hydrogen (secondary N) is 1. The van der Waals surface area contributed by atoms with E-state index < -0.39 is 17.9 Å². The van der Waals surface area contributed by atoms with Crippen LogP contribution in [-0.2, 0) is 14.3 Å². The summed E-state index contributed by atoms with van der Waals surface area (Å²) >= 11 is 0. The van der Waals surface area contributed by atoms with Gasteiger partial charge in [-0.3, -0.25) is 9.69 Å². The van der Waals surface area contributed by atoms with E-state index in [4.69, 9.17) is 4.74 Å². The number of esters is 1. The Bertz CT molecular complexity index is 424. The van der Waals surface area contributed by atoms with Gasteiger partial charge in [0.1, 0.15) is 5.70 Å². The van der Waals surface area contributed by atoms with Crippen LogP contribution in [0.3, 0.4) is 0 Å². The molecule has 0 spiro atoms. The van der Waals surface area contributed by atoms with Gasteiger partial charge in [0.15, 0.2) is 0 Å². The monoisotopic (exact) mass is 266 g/mol. The van der Waals surface area contributed by atoms with Crippen molar-refractivity contribution in [1.29, 1.82) is 0 Å². The van der Waals surface area contributed by atoms with Crippen LogP contribution in [0.2, 0.25) is 0 Å². The van der Waals surface area contributed by atoms with Crippen LogP contribution in [0.5, 0.6) is 0 Å². The van der Waals surface area contributed by atoms with Crippen LogP contribution >= 0.6 is 0 Å². The summed E-state index contributed by atoms with van der Waals surface area (Å²) in [6, 6.07) is -0.484. The smallest absolute Gasteiger partial charge is 0.333 e. The van der Waals surface area contributed by atoms with Gasteiger partial charge in [0, 0.05) is 6.04 Å². The predicted octanol–water partition coefficient (Wildman–Crippen LogP) is 1.32. The van der Waals surface area contributed by atoms with Crippen LogP contribution in [0, 0.1) is 0 Å². The molecule has 6 nitrogen and oxygen atoms in total. The molecule has 0 atom stereocenters. The number of urea groups is 1. The predicted molar refractivity (Wildman–Crippen MR) is 67.0 cm³/mol. The number of carbonyl (C=O) groups is 3. The zero-order chi connectivity index (χ0) is 13.8. The first-order valence-electron chi connectivity index (χ1n) is 6.66. The molecule has 0 aromatic heterocycles. The highest BCUT2D eigenvalue weighted by molar-refractivity contribution is 6.14. The summed E-state index contributed by atoms with van der Waals surface area (Å²) in [7, 11) is 0. The van der Waals surface area contributed by atoms with Crippen molar-refractivity contribution in [1.82, 2.24) is 10.2 Å². The summed E-state index contributed by atoms with van der Waals surface area (Å²) in [5.74, 6) is -1.04. The lowest BCUT2D eigenvalue weighted by Gasteiger charge is -2.28. The quantitative estimate of drug-likeness (QED) is 0.475. The Kier molecular flexibility index (Phi) is 4.19. The van der Waals surface area contributed by atoms with Gasteiger partial charge in [0.05, 0.1) is 12.7 Å². The minimum Gasteiger partial charge on any atom is -0.463 e. The van der Waals surface area contributed by atoms with Crippen molar-refractivity contribution in [3.63, 3.8) is 0 Å². The van der Waals surface area contributed by atoms with E-state index in [-0.39, 0.29) is 18.3 Å². The van der Waals surface area contributed by atoms with Crippen molar-refractivity contribution in [2.24, 2.45) is 0 Å². The average molecular weight is 266 g/mol. The van der Waals surface area contributed by atoms with Gasteiger partial charge >= 0.3 is 12.0 Å². The van der Waals surface area contributed by atoms with E-state index in [0.717, 1.165) is 38.2 Å². The molecule has 19 heavy (non-hydrogen) atoms. The Labute approximate surface area is 111 Å². The van der Waals surface area contributed by atoms with E-state index in [0.29, 0.717) is 0 Å². The number of ether oxygens (including phenoxy) is 1. The van der Waals surface area contributed by atoms with Gasteiger partial charge in [-0.15, -0.1) is 0 Å². The summed E-state index contributed by atoms with van der Waals surface area (Å²) in [4.78, 5) is 36.5. The lowest BCUT2D eigenvalue weighted by Crippen LogP contribution is -2.41. The Hall–Kier alpha value is -1.85. The number of amides is 3. The maximum Gasteiger partial charge on any atom is 0.333 e. The SMILES string of the molecule is CCOC(=O)C=C1NC(=O)N(C2CCCCC2)C1=O. The number of hydrogen-bond acceptors (Lipinski definition) is 4. The average Bonchev–Trinajstić information content (AvgIpc) is 2.66. The minimum atomic E-state index is -0.614. The van der Waals surface area contributed by atoms with Gasteiger partial charge in [-0.1, -0.05) is 19.3 Å². The fraction of sp³-hybridized carbons (Fsp3) is 0.615. The van der Waals surface area contributed by atoms with Crippen molar-refractivity contribution in [2.75, 3.05) is 6.61 Å². The number of nitrogens with zero attached hydrogens (tertiary/aromatic N) is 1. The molecule has 2 aliphatic rings. The second-order valence-corrected chi connectivity index (χ2v) is 4.71. The lowest BCUT2D eigenvalue weighted by atomic mass is 9.94. The van der Waals surface area contributed by atoms with Crippen molar-refractivity contribution in [2.45, 2.75) is 45.1 Å². The van der Waals surface area contributed by atoms with Crippen LogP contribution in [0.4, 0.5) is 4.79 Å². The fourth-order valence-electron chi connectivity index (χ4n) is 2.52. The first kappa shape index (κ1) is 13.6. The molecule has 1 saturated carbocycles. The molecule has 1 aliphatic heterocycles. The first-order chi connectivity index (χ1) is 9.13. The van der Waals surface area contributed by atoms with Crippen LogP contribution in [-0.4, -0.2) is 35.5 Å². The summed E-state index contributed by atoms with van der Waals surface area (Å²) in [5, 5.41) is 2.44. The normalized spacial score (nSPS) is 22.8. The summed E-state index contributed by atoms with van der Waals surface area (Å²) in [5.41, 5.74) is 0.00836. The molecule has 1 heterocycles. The van der Waals surface area contributed by atoms with E-state index in [9.17, 15) is 14.4 Å². The molecular weight excluding hydrogens is 248 g/mol. The molecule has 2 fully saturated rings. The molecule has 0 unspecified atom stereocenters. The van der Waals surface area contributed by atoms with Crippen LogP contribution in [0.15, 0.2) is 11.8 Å². The highest BCUT2D eigenvalue weighted by Gasteiger charge is 2.39. The van der Waals surface area contributed by atoms with Crippen molar-refractivity contribution in [3.8, 4) is 0 Å². The van der Waals surface area contributed by atoms with Crippen LogP contribution < -0.4 is 5.32 Å². The third-order valence-electron chi connectivity index (χ3n) is 3.40. The van der Waals surface area contributed by atoms with E-state index in [1.165, 1.54) is 4.90 Å². The maximum absolute atomic E-state index is 12.1. The van der Waals surface area contributed by atoms with E-state index in [1.54, 1.807) is 6.92 Å². The van der Waals surface area contributed by atoms with Crippen LogP contribution in [0.1, 0.15) is 39.0 Å². The van der Waals surface area contributed by atoms with Gasteiger partial charge in [0.25, 0.3) is 5.91 Å². The molecule has 1 aliphatic carbocycles. The molecule has 6 heteroatoms. The first-order valence-corrected chi connectivity index (χ1v) is 6.66. The fourth-order valence-corrected chi connectivity index (χ4v) is 2.52. The van der Waals surface area contributed by atoms with Crippen molar-refractivity contribution in [3.05, 3.63) is 11.8 Å². The molecule has 1 N–H and O–H groups in total. The molecule has 1 saturated heterocycles.